The van der Waals surface area contributed by atoms with Crippen molar-refractivity contribution in [2.75, 3.05) is 0 Å². The van der Waals surface area contributed by atoms with Gasteiger partial charge in [-0.25, -0.2) is 9.97 Å². The van der Waals surface area contributed by atoms with E-state index in [0.29, 0.717) is 19.5 Å². The number of aromatic nitrogens is 5. The molecule has 0 fully saturated rings. The van der Waals surface area contributed by atoms with Crippen molar-refractivity contribution in [1.29, 1.82) is 0 Å². The Kier molecular flexibility index (Phi) is 3.27. The summed E-state index contributed by atoms with van der Waals surface area (Å²) in [5.74, 6) is 0.709. The molecule has 0 unspecified atom stereocenters. The average Bonchev–Trinajstić information content (AvgIpc) is 2.96. The summed E-state index contributed by atoms with van der Waals surface area (Å²) >= 11 is 0. The van der Waals surface area contributed by atoms with Crippen molar-refractivity contribution >= 4 is 5.91 Å². The number of carbonyl (C=O) groups is 1. The Bertz CT molecular complexity index is 381. The van der Waals surface area contributed by atoms with Gasteiger partial charge < -0.3 is 10.3 Å². The molecule has 2 N–H and O–H groups in total. The van der Waals surface area contributed by atoms with E-state index < -0.39 is 0 Å². The van der Waals surface area contributed by atoms with Crippen LogP contribution in [0.2, 0.25) is 0 Å². The van der Waals surface area contributed by atoms with E-state index >= 15 is 0 Å². The molecule has 0 aromatic carbocycles. The van der Waals surface area contributed by atoms with Gasteiger partial charge in [0.15, 0.2) is 0 Å². The Labute approximate surface area is 91.9 Å². The molecule has 2 aromatic rings. The van der Waals surface area contributed by atoms with Gasteiger partial charge in [-0.2, -0.15) is 5.10 Å². The third-order valence-electron chi connectivity index (χ3n) is 2.04. The summed E-state index contributed by atoms with van der Waals surface area (Å²) in [5, 5.41) is 6.66. The Morgan fingerprint density at radius 2 is 2.50 bits per heavy atom. The summed E-state index contributed by atoms with van der Waals surface area (Å²) in [4.78, 5) is 22.1. The molecule has 2 rings (SSSR count). The molecule has 1 amide bonds. The fourth-order valence-corrected chi connectivity index (χ4v) is 1.23. The summed E-state index contributed by atoms with van der Waals surface area (Å²) in [7, 11) is 0. The Morgan fingerprint density at radius 3 is 3.19 bits per heavy atom. The molecule has 0 bridgehead atoms. The molecule has 84 valence electrons. The van der Waals surface area contributed by atoms with Crippen LogP contribution in [0, 0.1) is 0 Å². The van der Waals surface area contributed by atoms with Gasteiger partial charge in [0.05, 0.1) is 13.1 Å². The number of H-pyrrole nitrogens is 1. The van der Waals surface area contributed by atoms with Crippen LogP contribution in [0.5, 0.6) is 0 Å². The highest BCUT2D eigenvalue weighted by Crippen LogP contribution is 1.90. The van der Waals surface area contributed by atoms with E-state index in [1.165, 1.54) is 6.33 Å². The SMILES string of the molecule is O=C(CCn1cncn1)NCc1ncc[nH]1. The van der Waals surface area contributed by atoms with Crippen LogP contribution >= 0.6 is 0 Å². The number of aryl methyl sites for hydroxylation is 1. The maximum Gasteiger partial charge on any atom is 0.222 e. The van der Waals surface area contributed by atoms with E-state index in [-0.39, 0.29) is 5.91 Å². The monoisotopic (exact) mass is 220 g/mol. The zero-order valence-electron chi connectivity index (χ0n) is 8.63. The van der Waals surface area contributed by atoms with Crippen molar-refractivity contribution in [2.24, 2.45) is 0 Å². The third kappa shape index (κ3) is 2.91. The lowest BCUT2D eigenvalue weighted by Crippen LogP contribution is -2.24. The summed E-state index contributed by atoms with van der Waals surface area (Å²) < 4.78 is 1.62. The van der Waals surface area contributed by atoms with Gasteiger partial charge in [-0.1, -0.05) is 0 Å². The molecule has 0 aliphatic carbocycles. The zero-order valence-corrected chi connectivity index (χ0v) is 8.63. The highest BCUT2D eigenvalue weighted by atomic mass is 16.1. The van der Waals surface area contributed by atoms with Gasteiger partial charge in [0.2, 0.25) is 5.91 Å². The number of aromatic amines is 1. The maximum absolute atomic E-state index is 11.4. The van der Waals surface area contributed by atoms with Crippen LogP contribution in [-0.4, -0.2) is 30.6 Å². The van der Waals surface area contributed by atoms with Crippen LogP contribution in [0.1, 0.15) is 12.2 Å². The second-order valence-electron chi connectivity index (χ2n) is 3.22. The molecular weight excluding hydrogens is 208 g/mol. The topological polar surface area (TPSA) is 88.5 Å². The number of nitrogens with one attached hydrogen (secondary N) is 2. The quantitative estimate of drug-likeness (QED) is 0.724. The predicted molar refractivity (Wildman–Crippen MR) is 55.1 cm³/mol. The first-order chi connectivity index (χ1) is 7.84. The van der Waals surface area contributed by atoms with Crippen molar-refractivity contribution < 1.29 is 4.79 Å². The molecule has 7 heteroatoms. The lowest BCUT2D eigenvalue weighted by atomic mass is 10.4. The lowest BCUT2D eigenvalue weighted by Gasteiger charge is -2.02. The second-order valence-corrected chi connectivity index (χ2v) is 3.22. The number of imidazole rings is 1. The third-order valence-corrected chi connectivity index (χ3v) is 2.04. The van der Waals surface area contributed by atoms with Crippen molar-refractivity contribution in [2.45, 2.75) is 19.5 Å². The average molecular weight is 220 g/mol. The molecule has 0 aliphatic heterocycles. The molecule has 0 aliphatic rings. The summed E-state index contributed by atoms with van der Waals surface area (Å²) in [6.07, 6.45) is 6.78. The number of rotatable bonds is 5. The molecule has 0 saturated heterocycles. The first kappa shape index (κ1) is 10.3. The molecule has 2 aromatic heterocycles. The van der Waals surface area contributed by atoms with E-state index in [0.717, 1.165) is 5.82 Å². The fraction of sp³-hybridized carbons (Fsp3) is 0.333. The van der Waals surface area contributed by atoms with Gasteiger partial charge in [-0.05, 0) is 0 Å². The normalized spacial score (nSPS) is 10.2. The molecular formula is C9H12N6O. The van der Waals surface area contributed by atoms with Crippen molar-refractivity contribution in [3.63, 3.8) is 0 Å². The first-order valence-corrected chi connectivity index (χ1v) is 4.92. The number of carbonyl (C=O) groups excluding carboxylic acids is 1. The maximum atomic E-state index is 11.4. The van der Waals surface area contributed by atoms with Gasteiger partial charge in [0.1, 0.15) is 18.5 Å². The molecule has 0 saturated carbocycles. The van der Waals surface area contributed by atoms with E-state index in [4.69, 9.17) is 0 Å². The van der Waals surface area contributed by atoms with Crippen LogP contribution in [-0.2, 0) is 17.9 Å². The van der Waals surface area contributed by atoms with E-state index in [2.05, 4.69) is 25.4 Å². The van der Waals surface area contributed by atoms with Crippen LogP contribution in [0.3, 0.4) is 0 Å². The predicted octanol–water partition coefficient (Wildman–Crippen LogP) is -0.292. The molecule has 2 heterocycles. The van der Waals surface area contributed by atoms with Crippen LogP contribution in [0.4, 0.5) is 0 Å². The van der Waals surface area contributed by atoms with E-state index in [1.54, 1.807) is 23.4 Å². The first-order valence-electron chi connectivity index (χ1n) is 4.92. The van der Waals surface area contributed by atoms with Crippen molar-refractivity contribution in [3.8, 4) is 0 Å². The second kappa shape index (κ2) is 5.06. The van der Waals surface area contributed by atoms with Gasteiger partial charge in [-0.3, -0.25) is 9.48 Å². The standard InChI is InChI=1S/C9H12N6O/c16-9(1-4-15-7-10-6-14-15)13-5-8-11-2-3-12-8/h2-3,6-7H,1,4-5H2,(H,11,12)(H,13,16). The molecule has 7 nitrogen and oxygen atoms in total. The summed E-state index contributed by atoms with van der Waals surface area (Å²) in [5.41, 5.74) is 0. The highest BCUT2D eigenvalue weighted by Gasteiger charge is 2.02. The number of hydrogen-bond acceptors (Lipinski definition) is 4. The van der Waals surface area contributed by atoms with Gasteiger partial charge in [0, 0.05) is 18.8 Å². The van der Waals surface area contributed by atoms with Gasteiger partial charge >= 0.3 is 0 Å². The van der Waals surface area contributed by atoms with Gasteiger partial charge in [-0.15, -0.1) is 0 Å². The minimum Gasteiger partial charge on any atom is -0.349 e. The Balaban J connectivity index is 1.69. The smallest absolute Gasteiger partial charge is 0.222 e. The van der Waals surface area contributed by atoms with Gasteiger partial charge in [0.25, 0.3) is 0 Å². The fourth-order valence-electron chi connectivity index (χ4n) is 1.23. The van der Waals surface area contributed by atoms with Crippen LogP contribution in [0.25, 0.3) is 0 Å². The largest absolute Gasteiger partial charge is 0.349 e. The van der Waals surface area contributed by atoms with Crippen molar-refractivity contribution in [3.05, 3.63) is 30.9 Å². The molecule has 0 atom stereocenters. The minimum atomic E-state index is -0.0353. The molecule has 0 radical (unpaired) electrons. The summed E-state index contributed by atoms with van der Waals surface area (Å²) in [6, 6.07) is 0. The number of hydrogen-bond donors (Lipinski definition) is 2. The van der Waals surface area contributed by atoms with E-state index in [9.17, 15) is 4.79 Å². The minimum absolute atomic E-state index is 0.0353. The summed E-state index contributed by atoms with van der Waals surface area (Å²) in [6.45, 7) is 0.952. The van der Waals surface area contributed by atoms with Crippen molar-refractivity contribution in [1.82, 2.24) is 30.0 Å². The van der Waals surface area contributed by atoms with E-state index in [1.807, 2.05) is 0 Å². The number of nitrogens with zero attached hydrogens (tertiary/aromatic N) is 4. The number of amides is 1. The highest BCUT2D eigenvalue weighted by molar-refractivity contribution is 5.75. The Hall–Kier alpha value is -2.18. The van der Waals surface area contributed by atoms with Crippen LogP contribution < -0.4 is 5.32 Å². The lowest BCUT2D eigenvalue weighted by molar-refractivity contribution is -0.121. The zero-order chi connectivity index (χ0) is 11.2. The Morgan fingerprint density at radius 1 is 1.56 bits per heavy atom. The molecule has 16 heavy (non-hydrogen) atoms. The van der Waals surface area contributed by atoms with Crippen LogP contribution in [0.15, 0.2) is 25.0 Å². The molecule has 0 spiro atoms.